The highest BCUT2D eigenvalue weighted by atomic mass is 16.5. The molecule has 2 heteroatoms. The summed E-state index contributed by atoms with van der Waals surface area (Å²) in [5.74, 6) is 1.88. The molecule has 0 saturated heterocycles. The fourth-order valence-electron chi connectivity index (χ4n) is 4.85. The van der Waals surface area contributed by atoms with Crippen molar-refractivity contribution in [2.24, 2.45) is 0 Å². The molecule has 0 fully saturated rings. The van der Waals surface area contributed by atoms with E-state index in [4.69, 9.17) is 9.47 Å². The van der Waals surface area contributed by atoms with E-state index in [9.17, 15) is 0 Å². The van der Waals surface area contributed by atoms with Gasteiger partial charge in [0.25, 0.3) is 0 Å². The molecule has 2 nitrogen and oxygen atoms in total. The van der Waals surface area contributed by atoms with Gasteiger partial charge in [-0.25, -0.2) is 0 Å². The van der Waals surface area contributed by atoms with Crippen LogP contribution in [0.1, 0.15) is 161 Å². The van der Waals surface area contributed by atoms with Crippen molar-refractivity contribution in [3.05, 3.63) is 30.7 Å². The highest BCUT2D eigenvalue weighted by molar-refractivity contribution is 5.38. The van der Waals surface area contributed by atoms with Crippen molar-refractivity contribution in [3.63, 3.8) is 0 Å². The molecule has 0 aromatic heterocycles. The minimum absolute atomic E-state index is 0.768. The summed E-state index contributed by atoms with van der Waals surface area (Å²) >= 11 is 0. The van der Waals surface area contributed by atoms with Crippen molar-refractivity contribution in [1.82, 2.24) is 0 Å². The summed E-state index contributed by atoms with van der Waals surface area (Å²) in [4.78, 5) is 0. The lowest BCUT2D eigenvalue weighted by atomic mass is 10.1. The molecule has 1 rings (SSSR count). The Morgan fingerprint density at radius 2 is 0.750 bits per heavy atom. The molecule has 1 aromatic carbocycles. The Morgan fingerprint density at radius 1 is 0.444 bits per heavy atom. The normalized spacial score (nSPS) is 11.2. The molecule has 1 radical (unpaired) electrons. The van der Waals surface area contributed by atoms with Crippen LogP contribution < -0.4 is 9.47 Å². The average Bonchev–Trinajstić information content (AvgIpc) is 2.89. The van der Waals surface area contributed by atoms with Crippen LogP contribution in [0.2, 0.25) is 0 Å². The van der Waals surface area contributed by atoms with Crippen molar-refractivity contribution in [3.8, 4) is 11.5 Å². The average molecular weight is 502 g/mol. The molecule has 0 bridgehead atoms. The molecule has 1 aromatic rings. The van der Waals surface area contributed by atoms with Crippen molar-refractivity contribution in [1.29, 1.82) is 0 Å². The fraction of sp³-hybridized carbons (Fsp3) is 0.794. The Kier molecular flexibility index (Phi) is 23.2. The zero-order valence-corrected chi connectivity index (χ0v) is 24.4. The third-order valence-electron chi connectivity index (χ3n) is 7.26. The van der Waals surface area contributed by atoms with Crippen molar-refractivity contribution in [2.75, 3.05) is 13.2 Å². The van der Waals surface area contributed by atoms with Gasteiger partial charge in [-0.3, -0.25) is 0 Å². The number of ether oxygens (including phenoxy) is 2. The van der Waals surface area contributed by atoms with Crippen LogP contribution in [-0.4, -0.2) is 13.2 Å². The van der Waals surface area contributed by atoms with Gasteiger partial charge in [0.1, 0.15) is 11.5 Å². The Morgan fingerprint density at radius 3 is 1.06 bits per heavy atom. The lowest BCUT2D eigenvalue weighted by molar-refractivity contribution is 0.289. The van der Waals surface area contributed by atoms with Gasteiger partial charge in [0, 0.05) is 6.07 Å². The van der Waals surface area contributed by atoms with Crippen molar-refractivity contribution < 1.29 is 9.47 Å². The fourth-order valence-corrected chi connectivity index (χ4v) is 4.85. The minimum Gasteiger partial charge on any atom is -0.493 e. The second-order valence-electron chi connectivity index (χ2n) is 10.8. The number of hydrogen-bond donors (Lipinski definition) is 0. The van der Waals surface area contributed by atoms with Gasteiger partial charge in [-0.05, 0) is 43.9 Å². The molecule has 0 heterocycles. The van der Waals surface area contributed by atoms with E-state index in [-0.39, 0.29) is 0 Å². The maximum atomic E-state index is 6.08. The molecule has 0 amide bonds. The molecule has 0 aliphatic rings. The molecule has 0 N–H and O–H groups in total. The van der Waals surface area contributed by atoms with Crippen LogP contribution in [0.15, 0.2) is 18.2 Å². The number of benzene rings is 1. The molecule has 36 heavy (non-hydrogen) atoms. The van der Waals surface area contributed by atoms with Crippen LogP contribution >= 0.6 is 0 Å². The molecule has 0 aliphatic carbocycles. The standard InChI is InChI=1S/C34H61O2/c1-4-7-9-11-13-15-17-19-21-23-25-27-35-33-29-32(6-3)30-34(31-33)36-28-26-24-22-20-18-16-14-12-10-8-5-2/h29-31H,3-28H2,1-2H3. The minimum atomic E-state index is 0.768. The van der Waals surface area contributed by atoms with Crippen LogP contribution in [-0.2, 0) is 6.42 Å². The second kappa shape index (κ2) is 25.5. The summed E-state index contributed by atoms with van der Waals surface area (Å²) in [6, 6.07) is 6.32. The van der Waals surface area contributed by atoms with Crippen molar-refractivity contribution in [2.45, 2.75) is 162 Å². The maximum Gasteiger partial charge on any atom is 0.123 e. The van der Waals surface area contributed by atoms with E-state index in [1.54, 1.807) is 0 Å². The van der Waals surface area contributed by atoms with Gasteiger partial charge >= 0.3 is 0 Å². The first-order chi connectivity index (χ1) is 17.8. The van der Waals surface area contributed by atoms with E-state index >= 15 is 0 Å². The molecule has 0 aliphatic heterocycles. The second-order valence-corrected chi connectivity index (χ2v) is 10.8. The lowest BCUT2D eigenvalue weighted by Gasteiger charge is -2.12. The van der Waals surface area contributed by atoms with E-state index in [1.165, 1.54) is 134 Å². The smallest absolute Gasteiger partial charge is 0.123 e. The summed E-state index contributed by atoms with van der Waals surface area (Å²) in [6.07, 6.45) is 30.7. The van der Waals surface area contributed by atoms with Crippen LogP contribution in [0.4, 0.5) is 0 Å². The zero-order valence-electron chi connectivity index (χ0n) is 24.4. The van der Waals surface area contributed by atoms with E-state index < -0.39 is 0 Å². The molecular formula is C34H61O2. The van der Waals surface area contributed by atoms with Crippen LogP contribution in [0.5, 0.6) is 11.5 Å². The summed E-state index contributed by atoms with van der Waals surface area (Å²) in [5, 5.41) is 0. The Labute approximate surface area is 226 Å². The third kappa shape index (κ3) is 19.9. The summed E-state index contributed by atoms with van der Waals surface area (Å²) < 4.78 is 12.2. The maximum absolute atomic E-state index is 6.08. The summed E-state index contributed by atoms with van der Waals surface area (Å²) in [6.45, 7) is 10.2. The molecular weight excluding hydrogens is 440 g/mol. The highest BCUT2D eigenvalue weighted by Gasteiger charge is 2.03. The predicted molar refractivity (Wildman–Crippen MR) is 159 cm³/mol. The van der Waals surface area contributed by atoms with Gasteiger partial charge < -0.3 is 9.47 Å². The lowest BCUT2D eigenvalue weighted by Crippen LogP contribution is -2.01. The molecule has 209 valence electrons. The monoisotopic (exact) mass is 501 g/mol. The van der Waals surface area contributed by atoms with Crippen LogP contribution in [0, 0.1) is 6.92 Å². The largest absolute Gasteiger partial charge is 0.493 e. The first-order valence-corrected chi connectivity index (χ1v) is 16.0. The van der Waals surface area contributed by atoms with Crippen molar-refractivity contribution >= 4 is 0 Å². The quantitative estimate of drug-likeness (QED) is 0.112. The zero-order chi connectivity index (χ0) is 25.9. The SMILES string of the molecule is [CH2]Cc1cc(OCCCCCCCCCCCCC)cc(OCCCCCCCCCCCCC)c1. The number of hydrogen-bond acceptors (Lipinski definition) is 2. The molecule has 0 unspecified atom stereocenters. The predicted octanol–water partition coefficient (Wildman–Crippen LogP) is 11.4. The van der Waals surface area contributed by atoms with Gasteiger partial charge in [-0.1, -0.05) is 142 Å². The third-order valence-corrected chi connectivity index (χ3v) is 7.26. The van der Waals surface area contributed by atoms with Gasteiger partial charge in [-0.2, -0.15) is 0 Å². The van der Waals surface area contributed by atoms with E-state index in [2.05, 4.69) is 39.0 Å². The number of rotatable bonds is 27. The Hall–Kier alpha value is -1.18. The highest BCUT2D eigenvalue weighted by Crippen LogP contribution is 2.24. The first-order valence-electron chi connectivity index (χ1n) is 16.0. The molecule has 0 atom stereocenters. The van der Waals surface area contributed by atoms with Crippen LogP contribution in [0.3, 0.4) is 0 Å². The molecule has 0 spiro atoms. The van der Waals surface area contributed by atoms with Gasteiger partial charge in [0.15, 0.2) is 0 Å². The topological polar surface area (TPSA) is 18.5 Å². The van der Waals surface area contributed by atoms with Gasteiger partial charge in [0.05, 0.1) is 13.2 Å². The van der Waals surface area contributed by atoms with E-state index in [0.29, 0.717) is 0 Å². The van der Waals surface area contributed by atoms with E-state index in [1.807, 2.05) is 0 Å². The first kappa shape index (κ1) is 32.8. The van der Waals surface area contributed by atoms with Gasteiger partial charge in [-0.15, -0.1) is 0 Å². The number of unbranched alkanes of at least 4 members (excludes halogenated alkanes) is 20. The van der Waals surface area contributed by atoms with E-state index in [0.717, 1.165) is 44.0 Å². The Balaban J connectivity index is 2.06. The summed E-state index contributed by atoms with van der Waals surface area (Å²) in [7, 11) is 0. The summed E-state index contributed by atoms with van der Waals surface area (Å²) in [5.41, 5.74) is 1.19. The Bertz CT molecular complexity index is 536. The molecule has 0 saturated carbocycles. The van der Waals surface area contributed by atoms with Crippen LogP contribution in [0.25, 0.3) is 0 Å². The van der Waals surface area contributed by atoms with Gasteiger partial charge in [0.2, 0.25) is 0 Å².